The Hall–Kier alpha value is -1.44. The fraction of sp³-hybridized carbons (Fsp3) is 0. The van der Waals surface area contributed by atoms with Crippen molar-refractivity contribution in [2.45, 2.75) is 0 Å². The lowest BCUT2D eigenvalue weighted by Crippen LogP contribution is -2.28. The highest BCUT2D eigenvalue weighted by atomic mass is 19.1. The first kappa shape index (κ1) is 18.6. The van der Waals surface area contributed by atoms with Gasteiger partial charge in [-0.2, -0.15) is 0 Å². The van der Waals surface area contributed by atoms with Crippen molar-refractivity contribution in [3.63, 3.8) is 0 Å². The summed E-state index contributed by atoms with van der Waals surface area (Å²) in [6.07, 6.45) is 0. The summed E-state index contributed by atoms with van der Waals surface area (Å²) in [7, 11) is -10.9. The van der Waals surface area contributed by atoms with Gasteiger partial charge >= 0.3 is 29.6 Å². The molecule has 1 aromatic carbocycles. The first-order valence-electron chi connectivity index (χ1n) is 5.37. The minimum atomic E-state index is -2.93. The summed E-state index contributed by atoms with van der Waals surface area (Å²) in [4.78, 5) is 14.0. The monoisotopic (exact) mass is 326 g/mol. The van der Waals surface area contributed by atoms with E-state index in [4.69, 9.17) is 10.0 Å². The molecule has 0 unspecified atom stereocenters. The maximum Gasteiger partial charge on any atom is 0.782 e. The molecule has 0 heterocycles. The second-order valence-electron chi connectivity index (χ2n) is 3.22. The van der Waals surface area contributed by atoms with Gasteiger partial charge in [-0.1, -0.05) is 0 Å². The number of hydrogen-bond donors (Lipinski definition) is 2. The van der Waals surface area contributed by atoms with Gasteiger partial charge < -0.3 is 19.4 Å². The fourth-order valence-corrected chi connectivity index (χ4v) is 1.03. The fourth-order valence-electron chi connectivity index (χ4n) is 1.03. The van der Waals surface area contributed by atoms with Crippen LogP contribution in [0.5, 0.6) is 11.5 Å². The Morgan fingerprint density at radius 3 is 1.59 bits per heavy atom. The second-order valence-corrected chi connectivity index (χ2v) is 3.22. The van der Waals surface area contributed by atoms with E-state index in [-0.39, 0.29) is 11.5 Å². The summed E-state index contributed by atoms with van der Waals surface area (Å²) >= 11 is 0. The summed E-state index contributed by atoms with van der Waals surface area (Å²) in [5, 5.41) is 16.2. The molecule has 118 valence electrons. The van der Waals surface area contributed by atoms with Gasteiger partial charge in [-0.05, 0) is 24.3 Å². The van der Waals surface area contributed by atoms with Gasteiger partial charge in [0, 0.05) is 0 Å². The van der Waals surface area contributed by atoms with Crippen molar-refractivity contribution in [3.8, 4) is 11.5 Å². The maximum absolute atomic E-state index is 13.1. The lowest BCUT2D eigenvalue weighted by molar-refractivity contribution is -0.224. The summed E-state index contributed by atoms with van der Waals surface area (Å²) in [6, 6.07) is 4.48. The third-order valence-electron chi connectivity index (χ3n) is 1.70. The number of hydrogen-bond acceptors (Lipinski definition) is 8. The summed E-state index contributed by atoms with van der Waals surface area (Å²) in [5.41, 5.74) is 0. The number of halogens is 4. The van der Waals surface area contributed by atoms with Crippen LogP contribution in [0, 0.1) is 0 Å². The Morgan fingerprint density at radius 2 is 1.09 bits per heavy atom. The summed E-state index contributed by atoms with van der Waals surface area (Å²) in [6.45, 7) is 0. The second kappa shape index (κ2) is 9.55. The molecule has 2 N–H and O–H groups in total. The van der Waals surface area contributed by atoms with E-state index in [1.165, 1.54) is 0 Å². The normalized spacial score (nSPS) is 10.1. The van der Waals surface area contributed by atoms with Crippen molar-refractivity contribution in [3.05, 3.63) is 24.3 Å². The summed E-state index contributed by atoms with van der Waals surface area (Å²) < 4.78 is 58.1. The number of benzene rings is 1. The smallest absolute Gasteiger partial charge is 0.509 e. The van der Waals surface area contributed by atoms with Crippen LogP contribution >= 0.6 is 0 Å². The topological polar surface area (TPSA) is 95.8 Å². The Bertz CT molecular complexity index is 428. The van der Waals surface area contributed by atoms with Crippen molar-refractivity contribution in [2.75, 3.05) is 0 Å². The van der Waals surface area contributed by atoms with Crippen LogP contribution in [0.3, 0.4) is 0 Å². The van der Waals surface area contributed by atoms with Crippen LogP contribution < -0.4 is 9.31 Å². The third-order valence-corrected chi connectivity index (χ3v) is 1.70. The molecule has 0 aromatic heterocycles. The highest BCUT2D eigenvalue weighted by Gasteiger charge is 2.32. The molecule has 0 bridgehead atoms. The Kier molecular flexibility index (Phi) is 8.08. The third kappa shape index (κ3) is 8.11. The molecular formula is C6H6B4F4O8. The van der Waals surface area contributed by atoms with Crippen LogP contribution in [-0.4, -0.2) is 39.6 Å². The van der Waals surface area contributed by atoms with E-state index < -0.39 is 29.6 Å². The molecule has 0 atom stereocenters. The lowest BCUT2D eigenvalue weighted by atomic mass is 10.2. The van der Waals surface area contributed by atoms with E-state index in [1.807, 2.05) is 0 Å². The molecule has 0 aliphatic carbocycles. The van der Waals surface area contributed by atoms with Gasteiger partial charge in [0.15, 0.2) is 0 Å². The first-order chi connectivity index (χ1) is 10.4. The molecule has 0 aliphatic heterocycles. The van der Waals surface area contributed by atoms with Crippen LogP contribution in [0.2, 0.25) is 0 Å². The Labute approximate surface area is 122 Å². The van der Waals surface area contributed by atoms with Crippen molar-refractivity contribution in [1.29, 1.82) is 0 Å². The van der Waals surface area contributed by atoms with Crippen molar-refractivity contribution in [1.82, 2.24) is 0 Å². The van der Waals surface area contributed by atoms with E-state index in [2.05, 4.69) is 28.5 Å². The van der Waals surface area contributed by atoms with Crippen LogP contribution in [0.15, 0.2) is 24.3 Å². The summed E-state index contributed by atoms with van der Waals surface area (Å²) in [5.74, 6) is -0.224. The molecule has 16 heteroatoms. The Balaban J connectivity index is 2.30. The molecule has 0 fully saturated rings. The predicted octanol–water partition coefficient (Wildman–Crippen LogP) is 0.143. The van der Waals surface area contributed by atoms with Gasteiger partial charge in [0.05, 0.1) is 0 Å². The molecular weight excluding hydrogens is 319 g/mol. The molecule has 1 rings (SSSR count). The SMILES string of the molecule is OB(F)OOB(F)OOB(F)Oc1ccc(OB(O)F)cc1. The molecule has 8 nitrogen and oxygen atoms in total. The molecule has 22 heavy (non-hydrogen) atoms. The molecule has 1 aromatic rings. The van der Waals surface area contributed by atoms with Crippen LogP contribution in [0.4, 0.5) is 17.3 Å². The molecule has 0 saturated heterocycles. The largest absolute Gasteiger partial charge is 0.782 e. The van der Waals surface area contributed by atoms with E-state index in [0.29, 0.717) is 0 Å². The van der Waals surface area contributed by atoms with E-state index in [1.54, 1.807) is 0 Å². The standard InChI is InChI=1S/C6H6B4F4O8/c11-7(15)17-5-1-3-6(4-2-5)18-9(13)20-22-10(14)21-19-8(12)16/h1-4,15-16H. The zero-order valence-corrected chi connectivity index (χ0v) is 10.5. The number of rotatable bonds is 10. The first-order valence-corrected chi connectivity index (χ1v) is 5.37. The maximum atomic E-state index is 13.1. The zero-order chi connectivity index (χ0) is 16.5. The highest BCUT2D eigenvalue weighted by Crippen LogP contribution is 2.19. The van der Waals surface area contributed by atoms with Crippen LogP contribution in [0.1, 0.15) is 0 Å². The average Bonchev–Trinajstić information content (AvgIpc) is 2.44. The van der Waals surface area contributed by atoms with Gasteiger partial charge in [0.2, 0.25) is 0 Å². The predicted molar refractivity (Wildman–Crippen MR) is 63.9 cm³/mol. The minimum Gasteiger partial charge on any atom is -0.509 e. The van der Waals surface area contributed by atoms with E-state index in [9.17, 15) is 17.3 Å². The van der Waals surface area contributed by atoms with Gasteiger partial charge in [0.1, 0.15) is 11.5 Å². The van der Waals surface area contributed by atoms with Crippen molar-refractivity contribution in [2.24, 2.45) is 0 Å². The van der Waals surface area contributed by atoms with Gasteiger partial charge in [-0.15, -0.1) is 0 Å². The molecule has 0 aliphatic rings. The average molecular weight is 325 g/mol. The molecule has 0 spiro atoms. The van der Waals surface area contributed by atoms with E-state index in [0.717, 1.165) is 24.3 Å². The zero-order valence-electron chi connectivity index (χ0n) is 10.5. The quantitative estimate of drug-likeness (QED) is 0.271. The molecule has 0 amide bonds. The van der Waals surface area contributed by atoms with Crippen molar-refractivity contribution < 1.29 is 55.8 Å². The van der Waals surface area contributed by atoms with Gasteiger partial charge in [-0.3, -0.25) is 8.63 Å². The minimum absolute atomic E-state index is 0.0749. The highest BCUT2D eigenvalue weighted by molar-refractivity contribution is 6.39. The van der Waals surface area contributed by atoms with Gasteiger partial charge in [-0.25, -0.2) is 27.9 Å². The Morgan fingerprint density at radius 1 is 0.636 bits per heavy atom. The van der Waals surface area contributed by atoms with Crippen LogP contribution in [0.25, 0.3) is 0 Å². The van der Waals surface area contributed by atoms with E-state index >= 15 is 0 Å². The molecule has 0 radical (unpaired) electrons. The molecule has 0 saturated carbocycles. The van der Waals surface area contributed by atoms with Crippen LogP contribution in [-0.2, 0) is 19.2 Å². The van der Waals surface area contributed by atoms with Crippen molar-refractivity contribution >= 4 is 29.6 Å². The van der Waals surface area contributed by atoms with Gasteiger partial charge in [0.25, 0.3) is 0 Å². The lowest BCUT2D eigenvalue weighted by Gasteiger charge is -2.09.